The first-order valence-corrected chi connectivity index (χ1v) is 8.85. The van der Waals surface area contributed by atoms with Crippen molar-refractivity contribution in [1.82, 2.24) is 16.2 Å². The van der Waals surface area contributed by atoms with Gasteiger partial charge in [0.15, 0.2) is 5.76 Å². The quantitative estimate of drug-likeness (QED) is 0.550. The van der Waals surface area contributed by atoms with E-state index in [1.807, 2.05) is 60.7 Å². The van der Waals surface area contributed by atoms with E-state index in [2.05, 4.69) is 16.2 Å². The molecule has 0 saturated carbocycles. The zero-order valence-corrected chi connectivity index (χ0v) is 15.2. The van der Waals surface area contributed by atoms with Gasteiger partial charge in [0.25, 0.3) is 0 Å². The van der Waals surface area contributed by atoms with Crippen LogP contribution >= 0.6 is 0 Å². The zero-order chi connectivity index (χ0) is 19.6. The molecular weight excluding hydrogens is 358 g/mol. The molecule has 0 aliphatic heterocycles. The molecule has 7 heteroatoms. The number of rotatable bonds is 7. The highest BCUT2D eigenvalue weighted by molar-refractivity contribution is 5.92. The van der Waals surface area contributed by atoms with E-state index in [4.69, 9.17) is 9.15 Å². The number of nitrogens with one attached hydrogen (secondary N) is 3. The van der Waals surface area contributed by atoms with Crippen molar-refractivity contribution in [2.24, 2.45) is 0 Å². The van der Waals surface area contributed by atoms with Crippen LogP contribution in [0.15, 0.2) is 77.2 Å². The van der Waals surface area contributed by atoms with Crippen LogP contribution in [0.3, 0.4) is 0 Å². The summed E-state index contributed by atoms with van der Waals surface area (Å²) in [6.07, 6.45) is 0.700. The SMILES string of the molecule is O=C(NCCc1ccccc1)NNC(=O)c1ccc(COc2ccccc2)o1. The second-order valence-electron chi connectivity index (χ2n) is 5.94. The summed E-state index contributed by atoms with van der Waals surface area (Å²) in [6, 6.07) is 21.8. The van der Waals surface area contributed by atoms with Gasteiger partial charge in [-0.1, -0.05) is 48.5 Å². The minimum absolute atomic E-state index is 0.0799. The zero-order valence-electron chi connectivity index (χ0n) is 15.2. The number of hydrogen-bond donors (Lipinski definition) is 3. The first-order valence-electron chi connectivity index (χ1n) is 8.85. The smallest absolute Gasteiger partial charge is 0.333 e. The third-order valence-corrected chi connectivity index (χ3v) is 3.84. The van der Waals surface area contributed by atoms with E-state index in [9.17, 15) is 9.59 Å². The van der Waals surface area contributed by atoms with E-state index < -0.39 is 11.9 Å². The average molecular weight is 379 g/mol. The summed E-state index contributed by atoms with van der Waals surface area (Å²) in [4.78, 5) is 23.8. The van der Waals surface area contributed by atoms with Gasteiger partial charge in [0.05, 0.1) is 0 Å². The average Bonchev–Trinajstić information content (AvgIpc) is 3.21. The van der Waals surface area contributed by atoms with E-state index in [-0.39, 0.29) is 12.4 Å². The molecule has 0 spiro atoms. The Morgan fingerprint density at radius 3 is 2.32 bits per heavy atom. The Kier molecular flexibility index (Phi) is 6.67. The van der Waals surface area contributed by atoms with Crippen LogP contribution in [0.5, 0.6) is 5.75 Å². The van der Waals surface area contributed by atoms with Gasteiger partial charge in [0, 0.05) is 6.54 Å². The van der Waals surface area contributed by atoms with Gasteiger partial charge < -0.3 is 14.5 Å². The molecule has 3 N–H and O–H groups in total. The number of hydrogen-bond acceptors (Lipinski definition) is 4. The van der Waals surface area contributed by atoms with Crippen LogP contribution in [0.2, 0.25) is 0 Å². The van der Waals surface area contributed by atoms with E-state index >= 15 is 0 Å². The van der Waals surface area contributed by atoms with Crippen molar-refractivity contribution in [3.05, 3.63) is 89.9 Å². The Hall–Kier alpha value is -3.74. The predicted molar refractivity (Wildman–Crippen MR) is 104 cm³/mol. The summed E-state index contributed by atoms with van der Waals surface area (Å²) < 4.78 is 11.0. The molecule has 0 fully saturated rings. The molecule has 0 aliphatic rings. The van der Waals surface area contributed by atoms with Gasteiger partial charge in [-0.05, 0) is 36.2 Å². The lowest BCUT2D eigenvalue weighted by molar-refractivity contribution is 0.0904. The van der Waals surface area contributed by atoms with Crippen molar-refractivity contribution >= 4 is 11.9 Å². The van der Waals surface area contributed by atoms with E-state index in [0.29, 0.717) is 24.5 Å². The third kappa shape index (κ3) is 5.91. The maximum Gasteiger partial charge on any atom is 0.333 e. The normalized spacial score (nSPS) is 10.1. The number of furan rings is 1. The molecule has 7 nitrogen and oxygen atoms in total. The van der Waals surface area contributed by atoms with Crippen LogP contribution in [0, 0.1) is 0 Å². The fourth-order valence-corrected chi connectivity index (χ4v) is 2.43. The lowest BCUT2D eigenvalue weighted by Gasteiger charge is -2.08. The van der Waals surface area contributed by atoms with E-state index in [1.165, 1.54) is 6.07 Å². The van der Waals surface area contributed by atoms with Crippen molar-refractivity contribution in [3.8, 4) is 5.75 Å². The van der Waals surface area contributed by atoms with Gasteiger partial charge in [0.2, 0.25) is 0 Å². The van der Waals surface area contributed by atoms with E-state index in [0.717, 1.165) is 5.56 Å². The van der Waals surface area contributed by atoms with Crippen LogP contribution in [-0.2, 0) is 13.0 Å². The van der Waals surface area contributed by atoms with Crippen molar-refractivity contribution < 1.29 is 18.7 Å². The highest BCUT2D eigenvalue weighted by atomic mass is 16.5. The standard InChI is InChI=1S/C21H21N3O4/c25-20(23-24-21(26)22-14-13-16-7-3-1-4-8-16)19-12-11-18(28-19)15-27-17-9-5-2-6-10-17/h1-12H,13-15H2,(H,23,25)(H2,22,24,26). The number of para-hydroxylation sites is 1. The third-order valence-electron chi connectivity index (χ3n) is 3.84. The number of hydrazine groups is 1. The van der Waals surface area contributed by atoms with Crippen molar-refractivity contribution in [3.63, 3.8) is 0 Å². The van der Waals surface area contributed by atoms with Gasteiger partial charge in [0.1, 0.15) is 18.1 Å². The largest absolute Gasteiger partial charge is 0.486 e. The fourth-order valence-electron chi connectivity index (χ4n) is 2.43. The Balaban J connectivity index is 1.37. The van der Waals surface area contributed by atoms with Crippen LogP contribution in [-0.4, -0.2) is 18.5 Å². The molecule has 0 bridgehead atoms. The predicted octanol–water partition coefficient (Wildman–Crippen LogP) is 3.05. The van der Waals surface area contributed by atoms with Crippen LogP contribution in [0.1, 0.15) is 21.9 Å². The summed E-state index contributed by atoms with van der Waals surface area (Å²) in [5, 5.41) is 2.67. The molecular formula is C21H21N3O4. The van der Waals surface area contributed by atoms with Gasteiger partial charge in [-0.25, -0.2) is 10.2 Å². The van der Waals surface area contributed by atoms with Crippen molar-refractivity contribution in [2.75, 3.05) is 6.54 Å². The van der Waals surface area contributed by atoms with Crippen LogP contribution in [0.4, 0.5) is 4.79 Å². The summed E-state index contributed by atoms with van der Waals surface area (Å²) >= 11 is 0. The molecule has 3 amide bonds. The van der Waals surface area contributed by atoms with Crippen molar-refractivity contribution in [2.45, 2.75) is 13.0 Å². The Labute approximate surface area is 162 Å². The summed E-state index contributed by atoms with van der Waals surface area (Å²) in [6.45, 7) is 0.651. The maximum atomic E-state index is 12.0. The fraction of sp³-hybridized carbons (Fsp3) is 0.143. The van der Waals surface area contributed by atoms with Crippen molar-refractivity contribution in [1.29, 1.82) is 0 Å². The van der Waals surface area contributed by atoms with Crippen LogP contribution < -0.4 is 20.9 Å². The second-order valence-corrected chi connectivity index (χ2v) is 5.94. The molecule has 0 aliphatic carbocycles. The minimum Gasteiger partial charge on any atom is -0.486 e. The number of urea groups is 1. The monoisotopic (exact) mass is 379 g/mol. The Bertz CT molecular complexity index is 894. The molecule has 28 heavy (non-hydrogen) atoms. The first kappa shape index (κ1) is 19.0. The number of benzene rings is 2. The summed E-state index contributed by atoms with van der Waals surface area (Å²) in [5.41, 5.74) is 5.71. The van der Waals surface area contributed by atoms with Crippen LogP contribution in [0.25, 0.3) is 0 Å². The number of amides is 3. The highest BCUT2D eigenvalue weighted by Crippen LogP contribution is 2.13. The molecule has 3 rings (SSSR count). The maximum absolute atomic E-state index is 12.0. The summed E-state index contributed by atoms with van der Waals surface area (Å²) in [7, 11) is 0. The molecule has 0 saturated heterocycles. The van der Waals surface area contributed by atoms with Gasteiger partial charge in [-0.2, -0.15) is 0 Å². The number of ether oxygens (including phenoxy) is 1. The topological polar surface area (TPSA) is 92.6 Å². The molecule has 1 heterocycles. The molecule has 2 aromatic carbocycles. The Morgan fingerprint density at radius 2 is 1.57 bits per heavy atom. The molecule has 1 aromatic heterocycles. The number of carbonyl (C=O) groups excluding carboxylic acids is 2. The Morgan fingerprint density at radius 1 is 0.857 bits per heavy atom. The van der Waals surface area contributed by atoms with Gasteiger partial charge >= 0.3 is 11.9 Å². The molecule has 144 valence electrons. The number of carbonyl (C=O) groups is 2. The van der Waals surface area contributed by atoms with Gasteiger partial charge in [-0.3, -0.25) is 10.2 Å². The second kappa shape index (κ2) is 9.82. The molecule has 0 radical (unpaired) electrons. The van der Waals surface area contributed by atoms with E-state index in [1.54, 1.807) is 6.07 Å². The summed E-state index contributed by atoms with van der Waals surface area (Å²) in [5.74, 6) is 0.737. The highest BCUT2D eigenvalue weighted by Gasteiger charge is 2.12. The minimum atomic E-state index is -0.552. The van der Waals surface area contributed by atoms with Gasteiger partial charge in [-0.15, -0.1) is 0 Å². The lowest BCUT2D eigenvalue weighted by atomic mass is 10.1. The first-order chi connectivity index (χ1) is 13.7. The molecule has 3 aromatic rings. The molecule has 0 atom stereocenters. The lowest BCUT2D eigenvalue weighted by Crippen LogP contribution is -2.47. The molecule has 0 unspecified atom stereocenters.